The van der Waals surface area contributed by atoms with Gasteiger partial charge in [-0.15, -0.1) is 0 Å². The van der Waals surface area contributed by atoms with Crippen molar-refractivity contribution in [3.8, 4) is 17.2 Å². The number of hydrogen-bond acceptors (Lipinski definition) is 5. The molecule has 1 amide bonds. The van der Waals surface area contributed by atoms with Crippen LogP contribution in [0.1, 0.15) is 33.6 Å². The van der Waals surface area contributed by atoms with Gasteiger partial charge in [-0.2, -0.15) is 0 Å². The Labute approximate surface area is 172 Å². The van der Waals surface area contributed by atoms with Gasteiger partial charge in [0, 0.05) is 24.8 Å². The maximum atomic E-state index is 12.2. The number of benzene rings is 2. The fraction of sp³-hybridized carbons (Fsp3) is 0.435. The van der Waals surface area contributed by atoms with Crippen LogP contribution in [0.5, 0.6) is 17.2 Å². The Kier molecular flexibility index (Phi) is 6.52. The van der Waals surface area contributed by atoms with Gasteiger partial charge in [0.15, 0.2) is 0 Å². The van der Waals surface area contributed by atoms with Gasteiger partial charge in [-0.25, -0.2) is 4.79 Å². The largest absolute Gasteiger partial charge is 0.497 e. The first kappa shape index (κ1) is 20.8. The molecule has 6 heteroatoms. The van der Waals surface area contributed by atoms with E-state index in [4.69, 9.17) is 14.2 Å². The van der Waals surface area contributed by atoms with Crippen molar-refractivity contribution in [1.82, 2.24) is 4.90 Å². The average Bonchev–Trinajstić information content (AvgIpc) is 2.69. The molecular weight excluding hydrogens is 368 g/mol. The van der Waals surface area contributed by atoms with E-state index < -0.39 is 5.60 Å². The van der Waals surface area contributed by atoms with Crippen LogP contribution in [0.4, 0.5) is 10.5 Å². The molecule has 3 rings (SSSR count). The molecule has 1 heterocycles. The van der Waals surface area contributed by atoms with E-state index in [1.165, 1.54) is 0 Å². The summed E-state index contributed by atoms with van der Waals surface area (Å²) >= 11 is 0. The Morgan fingerprint density at radius 3 is 1.97 bits per heavy atom. The zero-order chi connectivity index (χ0) is 20.9. The number of carbonyl (C=O) groups is 1. The molecule has 156 valence electrons. The second kappa shape index (κ2) is 9.07. The highest BCUT2D eigenvalue weighted by Crippen LogP contribution is 2.26. The van der Waals surface area contributed by atoms with Crippen LogP contribution in [0, 0.1) is 0 Å². The number of rotatable bonds is 5. The number of amides is 1. The van der Waals surface area contributed by atoms with Gasteiger partial charge in [-0.05, 0) is 82.1 Å². The van der Waals surface area contributed by atoms with E-state index in [1.807, 2.05) is 69.3 Å². The molecular formula is C23H30N2O4. The average molecular weight is 399 g/mol. The van der Waals surface area contributed by atoms with Gasteiger partial charge in [0.25, 0.3) is 0 Å². The van der Waals surface area contributed by atoms with Crippen LogP contribution in [0.15, 0.2) is 48.5 Å². The molecule has 0 radical (unpaired) electrons. The maximum absolute atomic E-state index is 12.2. The number of methoxy groups -OCH3 is 1. The highest BCUT2D eigenvalue weighted by Gasteiger charge is 2.26. The quantitative estimate of drug-likeness (QED) is 0.741. The molecule has 0 bridgehead atoms. The van der Waals surface area contributed by atoms with Crippen LogP contribution in [0.2, 0.25) is 0 Å². The zero-order valence-electron chi connectivity index (χ0n) is 17.6. The molecule has 0 atom stereocenters. The Balaban J connectivity index is 1.47. The molecule has 1 aliphatic heterocycles. The number of piperidine rings is 1. The second-order valence-corrected chi connectivity index (χ2v) is 8.19. The number of hydrogen-bond donors (Lipinski definition) is 1. The predicted molar refractivity (Wildman–Crippen MR) is 114 cm³/mol. The fourth-order valence-electron chi connectivity index (χ4n) is 3.17. The molecule has 1 fully saturated rings. The Morgan fingerprint density at radius 2 is 1.45 bits per heavy atom. The third kappa shape index (κ3) is 6.31. The van der Waals surface area contributed by atoms with Crippen LogP contribution in [0.25, 0.3) is 0 Å². The summed E-state index contributed by atoms with van der Waals surface area (Å²) in [4.78, 5) is 14.0. The van der Waals surface area contributed by atoms with Gasteiger partial charge in [-0.3, -0.25) is 0 Å². The summed E-state index contributed by atoms with van der Waals surface area (Å²) in [6.45, 7) is 7.07. The van der Waals surface area contributed by atoms with Gasteiger partial charge >= 0.3 is 6.09 Å². The standard InChI is InChI=1S/C23H30N2O4/c1-23(2,3)29-22(26)25-15-13-18(14-16-25)24-17-5-7-20(8-6-17)28-21-11-9-19(27-4)10-12-21/h5-12,18,24H,13-16H2,1-4H3. The van der Waals surface area contributed by atoms with E-state index in [-0.39, 0.29) is 6.09 Å². The molecule has 0 aromatic heterocycles. The van der Waals surface area contributed by atoms with Crippen molar-refractivity contribution in [3.63, 3.8) is 0 Å². The summed E-state index contributed by atoms with van der Waals surface area (Å²) in [6.07, 6.45) is 1.56. The lowest BCUT2D eigenvalue weighted by Crippen LogP contribution is -2.44. The Hall–Kier alpha value is -2.89. The zero-order valence-corrected chi connectivity index (χ0v) is 17.6. The first-order valence-electron chi connectivity index (χ1n) is 9.99. The minimum absolute atomic E-state index is 0.226. The van der Waals surface area contributed by atoms with Crippen molar-refractivity contribution in [3.05, 3.63) is 48.5 Å². The molecule has 2 aromatic carbocycles. The minimum Gasteiger partial charge on any atom is -0.497 e. The van der Waals surface area contributed by atoms with E-state index in [2.05, 4.69) is 5.32 Å². The van der Waals surface area contributed by atoms with Gasteiger partial charge < -0.3 is 24.4 Å². The van der Waals surface area contributed by atoms with Gasteiger partial charge in [0.1, 0.15) is 22.8 Å². The number of likely N-dealkylation sites (tertiary alicyclic amines) is 1. The minimum atomic E-state index is -0.457. The van der Waals surface area contributed by atoms with Gasteiger partial charge in [-0.1, -0.05) is 0 Å². The van der Waals surface area contributed by atoms with Crippen molar-refractivity contribution < 1.29 is 19.0 Å². The SMILES string of the molecule is COc1ccc(Oc2ccc(NC3CCN(C(=O)OC(C)(C)C)CC3)cc2)cc1. The molecule has 0 aliphatic carbocycles. The fourth-order valence-corrected chi connectivity index (χ4v) is 3.17. The molecule has 0 unspecified atom stereocenters. The molecule has 0 spiro atoms. The van der Waals surface area contributed by atoms with Crippen molar-refractivity contribution in [2.45, 2.75) is 45.3 Å². The van der Waals surface area contributed by atoms with Crippen molar-refractivity contribution in [2.75, 3.05) is 25.5 Å². The predicted octanol–water partition coefficient (Wildman–Crippen LogP) is 5.30. The highest BCUT2D eigenvalue weighted by atomic mass is 16.6. The van der Waals surface area contributed by atoms with Crippen LogP contribution in [-0.4, -0.2) is 42.8 Å². The molecule has 1 N–H and O–H groups in total. The first-order chi connectivity index (χ1) is 13.8. The monoisotopic (exact) mass is 398 g/mol. The summed E-state index contributed by atoms with van der Waals surface area (Å²) in [6, 6.07) is 15.8. The molecule has 29 heavy (non-hydrogen) atoms. The summed E-state index contributed by atoms with van der Waals surface area (Å²) in [5.41, 5.74) is 0.588. The smallest absolute Gasteiger partial charge is 0.410 e. The topological polar surface area (TPSA) is 60.0 Å². The van der Waals surface area contributed by atoms with Crippen LogP contribution in [-0.2, 0) is 4.74 Å². The molecule has 1 aliphatic rings. The van der Waals surface area contributed by atoms with Gasteiger partial charge in [0.05, 0.1) is 7.11 Å². The van der Waals surface area contributed by atoms with Crippen LogP contribution >= 0.6 is 0 Å². The highest BCUT2D eigenvalue weighted by molar-refractivity contribution is 5.68. The summed E-state index contributed by atoms with van der Waals surface area (Å²) in [5.74, 6) is 2.34. The van der Waals surface area contributed by atoms with Gasteiger partial charge in [0.2, 0.25) is 0 Å². The Bertz CT molecular complexity index is 789. The number of nitrogens with zero attached hydrogens (tertiary/aromatic N) is 1. The lowest BCUT2D eigenvalue weighted by Gasteiger charge is -2.34. The second-order valence-electron chi connectivity index (χ2n) is 8.19. The van der Waals surface area contributed by atoms with Crippen LogP contribution < -0.4 is 14.8 Å². The summed E-state index contributed by atoms with van der Waals surface area (Å²) in [5, 5.41) is 3.54. The molecule has 6 nitrogen and oxygen atoms in total. The number of anilines is 1. The lowest BCUT2D eigenvalue weighted by atomic mass is 10.0. The summed E-state index contributed by atoms with van der Waals surface area (Å²) < 4.78 is 16.5. The molecule has 1 saturated heterocycles. The first-order valence-corrected chi connectivity index (χ1v) is 9.99. The summed E-state index contributed by atoms with van der Waals surface area (Å²) in [7, 11) is 1.64. The molecule has 0 saturated carbocycles. The van der Waals surface area contributed by atoms with Crippen molar-refractivity contribution in [1.29, 1.82) is 0 Å². The van der Waals surface area contributed by atoms with E-state index >= 15 is 0 Å². The molecule has 2 aromatic rings. The third-order valence-electron chi connectivity index (χ3n) is 4.67. The van der Waals surface area contributed by atoms with E-state index in [1.54, 1.807) is 12.0 Å². The van der Waals surface area contributed by atoms with E-state index in [9.17, 15) is 4.79 Å². The van der Waals surface area contributed by atoms with E-state index in [0.29, 0.717) is 19.1 Å². The van der Waals surface area contributed by atoms with Crippen LogP contribution in [0.3, 0.4) is 0 Å². The normalized spacial score (nSPS) is 15.0. The van der Waals surface area contributed by atoms with Crippen molar-refractivity contribution >= 4 is 11.8 Å². The van der Waals surface area contributed by atoms with Crippen molar-refractivity contribution in [2.24, 2.45) is 0 Å². The maximum Gasteiger partial charge on any atom is 0.410 e. The Morgan fingerprint density at radius 1 is 0.931 bits per heavy atom. The number of ether oxygens (including phenoxy) is 3. The third-order valence-corrected chi connectivity index (χ3v) is 4.67. The lowest BCUT2D eigenvalue weighted by molar-refractivity contribution is 0.0210. The number of carbonyl (C=O) groups excluding carboxylic acids is 1. The van der Waals surface area contributed by atoms with E-state index in [0.717, 1.165) is 35.8 Å². The number of nitrogens with one attached hydrogen (secondary N) is 1.